The lowest BCUT2D eigenvalue weighted by atomic mass is 9.65. The summed E-state index contributed by atoms with van der Waals surface area (Å²) in [4.78, 5) is 12.7. The number of rotatable bonds is 5. The Bertz CT molecular complexity index is 813. The van der Waals surface area contributed by atoms with Crippen molar-refractivity contribution in [1.82, 2.24) is 0 Å². The molecule has 1 aliphatic carbocycles. The molecule has 4 rings (SSSR count). The van der Waals surface area contributed by atoms with E-state index in [0.717, 1.165) is 11.3 Å². The van der Waals surface area contributed by atoms with Crippen molar-refractivity contribution in [2.24, 2.45) is 11.3 Å². The van der Waals surface area contributed by atoms with E-state index in [4.69, 9.17) is 23.7 Å². The topological polar surface area (TPSA) is 63.2 Å². The minimum atomic E-state index is -0.551. The van der Waals surface area contributed by atoms with Crippen LogP contribution in [0, 0.1) is 11.3 Å². The van der Waals surface area contributed by atoms with E-state index in [9.17, 15) is 4.79 Å². The van der Waals surface area contributed by atoms with Crippen molar-refractivity contribution >= 4 is 5.78 Å². The molecule has 27 heavy (non-hydrogen) atoms. The Morgan fingerprint density at radius 1 is 1.30 bits per heavy atom. The van der Waals surface area contributed by atoms with Crippen molar-refractivity contribution in [3.05, 3.63) is 47.9 Å². The summed E-state index contributed by atoms with van der Waals surface area (Å²) in [6.07, 6.45) is 2.30. The van der Waals surface area contributed by atoms with Gasteiger partial charge in [0.25, 0.3) is 0 Å². The van der Waals surface area contributed by atoms with E-state index < -0.39 is 11.5 Å². The molecule has 0 saturated carbocycles. The summed E-state index contributed by atoms with van der Waals surface area (Å²) in [6.45, 7) is 6.29. The summed E-state index contributed by atoms with van der Waals surface area (Å²) in [5.74, 6) is 2.22. The number of ether oxygens (including phenoxy) is 5. The molecule has 0 radical (unpaired) electrons. The Morgan fingerprint density at radius 2 is 2.07 bits per heavy atom. The highest BCUT2D eigenvalue weighted by Crippen LogP contribution is 2.60. The van der Waals surface area contributed by atoms with Crippen molar-refractivity contribution in [3.63, 3.8) is 0 Å². The average Bonchev–Trinajstić information content (AvgIpc) is 3.25. The number of methoxy groups -OCH3 is 2. The Kier molecular flexibility index (Phi) is 4.38. The van der Waals surface area contributed by atoms with Gasteiger partial charge in [-0.25, -0.2) is 0 Å². The van der Waals surface area contributed by atoms with Crippen LogP contribution in [0.1, 0.15) is 31.4 Å². The van der Waals surface area contributed by atoms with E-state index in [1.165, 1.54) is 7.11 Å². The molecule has 0 bridgehead atoms. The molecule has 4 atom stereocenters. The van der Waals surface area contributed by atoms with Gasteiger partial charge in [0, 0.05) is 18.4 Å². The molecule has 6 heteroatoms. The van der Waals surface area contributed by atoms with E-state index in [2.05, 4.69) is 13.5 Å². The third-order valence-electron chi connectivity index (χ3n) is 6.02. The number of hydrogen-bond acceptors (Lipinski definition) is 6. The van der Waals surface area contributed by atoms with Crippen LogP contribution < -0.4 is 9.47 Å². The molecule has 6 nitrogen and oxygen atoms in total. The summed E-state index contributed by atoms with van der Waals surface area (Å²) in [5, 5.41) is 0. The van der Waals surface area contributed by atoms with Crippen LogP contribution in [-0.4, -0.2) is 32.9 Å². The van der Waals surface area contributed by atoms with Crippen LogP contribution in [-0.2, 0) is 19.0 Å². The molecule has 144 valence electrons. The van der Waals surface area contributed by atoms with Gasteiger partial charge < -0.3 is 23.7 Å². The third-order valence-corrected chi connectivity index (χ3v) is 6.02. The van der Waals surface area contributed by atoms with Crippen molar-refractivity contribution in [1.29, 1.82) is 0 Å². The van der Waals surface area contributed by atoms with Crippen LogP contribution in [0.5, 0.6) is 11.5 Å². The lowest BCUT2D eigenvalue weighted by Gasteiger charge is -2.38. The number of ketones is 1. The van der Waals surface area contributed by atoms with Gasteiger partial charge >= 0.3 is 0 Å². The fourth-order valence-corrected chi connectivity index (χ4v) is 4.53. The van der Waals surface area contributed by atoms with Crippen LogP contribution in [0.2, 0.25) is 0 Å². The predicted molar refractivity (Wildman–Crippen MR) is 97.3 cm³/mol. The van der Waals surface area contributed by atoms with E-state index >= 15 is 0 Å². The molecule has 1 aromatic rings. The Morgan fingerprint density at radius 3 is 2.78 bits per heavy atom. The zero-order valence-corrected chi connectivity index (χ0v) is 15.8. The van der Waals surface area contributed by atoms with Gasteiger partial charge in [-0.2, -0.15) is 0 Å². The molecule has 2 heterocycles. The Hall–Kier alpha value is -2.47. The summed E-state index contributed by atoms with van der Waals surface area (Å²) in [5.41, 5.74) is 0.580. The highest BCUT2D eigenvalue weighted by Gasteiger charge is 2.58. The number of fused-ring (bicyclic) bond motifs is 2. The first-order valence-corrected chi connectivity index (χ1v) is 9.08. The molecule has 0 aromatic heterocycles. The van der Waals surface area contributed by atoms with Crippen LogP contribution >= 0.6 is 0 Å². The summed E-state index contributed by atoms with van der Waals surface area (Å²) < 4.78 is 28.2. The number of carbonyl (C=O) groups is 1. The second kappa shape index (κ2) is 6.60. The van der Waals surface area contributed by atoms with Gasteiger partial charge in [0.05, 0.1) is 7.11 Å². The van der Waals surface area contributed by atoms with E-state index in [0.29, 0.717) is 24.4 Å². The fraction of sp³-hybridized carbons (Fsp3) is 0.476. The molecule has 0 spiro atoms. The maximum absolute atomic E-state index is 12.7. The predicted octanol–water partition coefficient (Wildman–Crippen LogP) is 3.53. The van der Waals surface area contributed by atoms with Gasteiger partial charge in [-0.05, 0) is 30.5 Å². The fourth-order valence-electron chi connectivity index (χ4n) is 4.53. The van der Waals surface area contributed by atoms with Gasteiger partial charge in [0.1, 0.15) is 18.0 Å². The zero-order chi connectivity index (χ0) is 19.2. The highest BCUT2D eigenvalue weighted by atomic mass is 16.7. The van der Waals surface area contributed by atoms with Crippen molar-refractivity contribution in [3.8, 4) is 11.5 Å². The number of hydrogen-bond donors (Lipinski definition) is 0. The summed E-state index contributed by atoms with van der Waals surface area (Å²) in [7, 11) is 3.05. The maximum atomic E-state index is 12.7. The summed E-state index contributed by atoms with van der Waals surface area (Å²) in [6, 6.07) is 5.83. The molecule has 0 N–H and O–H groups in total. The van der Waals surface area contributed by atoms with Crippen molar-refractivity contribution in [2.75, 3.05) is 21.0 Å². The second-order valence-corrected chi connectivity index (χ2v) is 7.24. The van der Waals surface area contributed by atoms with E-state index in [1.54, 1.807) is 7.11 Å². The van der Waals surface area contributed by atoms with Crippen molar-refractivity contribution < 1.29 is 28.5 Å². The van der Waals surface area contributed by atoms with E-state index in [-0.39, 0.29) is 30.4 Å². The van der Waals surface area contributed by atoms with Crippen molar-refractivity contribution in [2.45, 2.75) is 32.0 Å². The molecule has 1 saturated heterocycles. The summed E-state index contributed by atoms with van der Waals surface area (Å²) >= 11 is 0. The number of carbonyl (C=O) groups excluding carboxylic acids is 1. The first-order chi connectivity index (χ1) is 13.1. The molecular formula is C21H24O6. The van der Waals surface area contributed by atoms with Gasteiger partial charge in [0.2, 0.25) is 18.3 Å². The third kappa shape index (κ3) is 2.54. The smallest absolute Gasteiger partial charge is 0.231 e. The Labute approximate surface area is 158 Å². The second-order valence-electron chi connectivity index (χ2n) is 7.24. The standard InChI is InChI=1S/C21H24O6/c1-5-8-21-10-16(23-3)17(22)19(24-4)20(21)27-18(12(21)2)13-6-7-14-15(9-13)26-11-25-14/h5-7,9,12,16,18H,1,8,10-11H2,2-4H3/t12-,16-,18?,21-/m1/s1. The molecule has 1 unspecified atom stereocenters. The number of Topliss-reactive ketones (excluding diaryl/α,β-unsaturated/α-hetero) is 1. The van der Waals surface area contributed by atoms with E-state index in [1.807, 2.05) is 24.3 Å². The number of benzene rings is 1. The first kappa shape index (κ1) is 17.9. The van der Waals surface area contributed by atoms with Crippen LogP contribution in [0.3, 0.4) is 0 Å². The Balaban J connectivity index is 1.80. The minimum absolute atomic E-state index is 0.0850. The molecule has 1 fully saturated rings. The quantitative estimate of drug-likeness (QED) is 0.737. The monoisotopic (exact) mass is 372 g/mol. The minimum Gasteiger partial charge on any atom is -0.490 e. The molecule has 0 amide bonds. The zero-order valence-electron chi connectivity index (χ0n) is 15.8. The average molecular weight is 372 g/mol. The highest BCUT2D eigenvalue weighted by molar-refractivity contribution is 5.99. The van der Waals surface area contributed by atoms with Crippen LogP contribution in [0.25, 0.3) is 0 Å². The molecule has 1 aromatic carbocycles. The SMILES string of the molecule is C=CC[C@]12C[C@@H](OC)C(=O)C(OC)=C1OC(c1ccc3c(c1)OCO3)[C@H]2C. The molecular weight excluding hydrogens is 348 g/mol. The lowest BCUT2D eigenvalue weighted by Crippen LogP contribution is -2.42. The maximum Gasteiger partial charge on any atom is 0.231 e. The first-order valence-electron chi connectivity index (χ1n) is 9.08. The normalized spacial score (nSPS) is 31.5. The molecule has 3 aliphatic rings. The van der Waals surface area contributed by atoms with Gasteiger partial charge in [-0.1, -0.05) is 19.1 Å². The van der Waals surface area contributed by atoms with Gasteiger partial charge in [-0.15, -0.1) is 6.58 Å². The van der Waals surface area contributed by atoms with Gasteiger partial charge in [0.15, 0.2) is 11.5 Å². The largest absolute Gasteiger partial charge is 0.490 e. The number of allylic oxidation sites excluding steroid dienone is 2. The van der Waals surface area contributed by atoms with Crippen LogP contribution in [0.15, 0.2) is 42.4 Å². The lowest BCUT2D eigenvalue weighted by molar-refractivity contribution is -0.132. The van der Waals surface area contributed by atoms with Crippen LogP contribution in [0.4, 0.5) is 0 Å². The molecule has 2 aliphatic heterocycles. The van der Waals surface area contributed by atoms with Gasteiger partial charge in [-0.3, -0.25) is 4.79 Å².